The number of rotatable bonds is 4. The van der Waals surface area contributed by atoms with Gasteiger partial charge in [0.25, 0.3) is 0 Å². The molecule has 4 heteroatoms. The van der Waals surface area contributed by atoms with Crippen molar-refractivity contribution in [1.82, 2.24) is 0 Å². The molecule has 0 amide bonds. The number of hydrogen-bond acceptors (Lipinski definition) is 2. The molecule has 20 heavy (non-hydrogen) atoms. The predicted octanol–water partition coefficient (Wildman–Crippen LogP) is 4.15. The zero-order chi connectivity index (χ0) is 14.7. The third kappa shape index (κ3) is 3.30. The molecule has 3 nitrogen and oxygen atoms in total. The third-order valence-corrected chi connectivity index (χ3v) is 4.23. The fourth-order valence-electron chi connectivity index (χ4n) is 3.11. The van der Waals surface area contributed by atoms with E-state index in [2.05, 4.69) is 19.2 Å². The summed E-state index contributed by atoms with van der Waals surface area (Å²) in [6, 6.07) is 4.13. The lowest BCUT2D eigenvalue weighted by Gasteiger charge is -2.35. The lowest BCUT2D eigenvalue weighted by atomic mass is 9.77. The minimum Gasteiger partial charge on any atom is -0.478 e. The van der Waals surface area contributed by atoms with Crippen LogP contribution in [0.4, 0.5) is 10.1 Å². The Kier molecular flexibility index (Phi) is 4.63. The molecule has 1 aliphatic rings. The molecule has 1 fully saturated rings. The minimum atomic E-state index is -1.03. The first-order chi connectivity index (χ1) is 9.49. The Hall–Kier alpha value is -1.58. The van der Waals surface area contributed by atoms with E-state index in [1.165, 1.54) is 24.6 Å². The van der Waals surface area contributed by atoms with Gasteiger partial charge in [0.05, 0.1) is 11.3 Å². The van der Waals surface area contributed by atoms with Gasteiger partial charge < -0.3 is 10.4 Å². The standard InChI is InChI=1S/C16H22FNO2/c1-10(2)12-5-3-4-6-14(12)18-15-9-11(16(19)20)7-8-13(15)17/h7-10,12,14,18H,3-6H2,1-2H3,(H,19,20). The zero-order valence-corrected chi connectivity index (χ0v) is 12.0. The fourth-order valence-corrected chi connectivity index (χ4v) is 3.11. The predicted molar refractivity (Wildman–Crippen MR) is 77.6 cm³/mol. The molecule has 1 aromatic carbocycles. The van der Waals surface area contributed by atoms with Gasteiger partial charge in [-0.1, -0.05) is 26.7 Å². The second kappa shape index (κ2) is 6.25. The number of aromatic carboxylic acids is 1. The Morgan fingerprint density at radius 3 is 2.70 bits per heavy atom. The monoisotopic (exact) mass is 279 g/mol. The molecule has 0 aliphatic heterocycles. The highest BCUT2D eigenvalue weighted by Crippen LogP contribution is 2.33. The van der Waals surface area contributed by atoms with Crippen LogP contribution in [-0.2, 0) is 0 Å². The highest BCUT2D eigenvalue weighted by Gasteiger charge is 2.28. The van der Waals surface area contributed by atoms with Gasteiger partial charge in [-0.05, 0) is 42.9 Å². The maximum Gasteiger partial charge on any atom is 0.335 e. The van der Waals surface area contributed by atoms with Crippen molar-refractivity contribution >= 4 is 11.7 Å². The molecule has 1 aliphatic carbocycles. The Morgan fingerprint density at radius 1 is 1.35 bits per heavy atom. The first-order valence-corrected chi connectivity index (χ1v) is 7.28. The topological polar surface area (TPSA) is 49.3 Å². The Labute approximate surface area is 119 Å². The maximum absolute atomic E-state index is 13.9. The van der Waals surface area contributed by atoms with Gasteiger partial charge in [0.2, 0.25) is 0 Å². The average Bonchev–Trinajstić information content (AvgIpc) is 2.41. The minimum absolute atomic E-state index is 0.116. The summed E-state index contributed by atoms with van der Waals surface area (Å²) in [5.74, 6) is -0.365. The van der Waals surface area contributed by atoms with E-state index in [1.54, 1.807) is 0 Å². The average molecular weight is 279 g/mol. The number of halogens is 1. The second-order valence-corrected chi connectivity index (χ2v) is 5.94. The van der Waals surface area contributed by atoms with Crippen molar-refractivity contribution in [3.63, 3.8) is 0 Å². The summed E-state index contributed by atoms with van der Waals surface area (Å²) in [6.45, 7) is 4.38. The van der Waals surface area contributed by atoms with Crippen LogP contribution in [0.15, 0.2) is 18.2 Å². The first kappa shape index (κ1) is 14.8. The van der Waals surface area contributed by atoms with Crippen molar-refractivity contribution in [3.8, 4) is 0 Å². The van der Waals surface area contributed by atoms with E-state index in [4.69, 9.17) is 5.11 Å². The molecule has 2 atom stereocenters. The van der Waals surface area contributed by atoms with Gasteiger partial charge in [-0.2, -0.15) is 0 Å². The van der Waals surface area contributed by atoms with Gasteiger partial charge in [0.1, 0.15) is 5.82 Å². The smallest absolute Gasteiger partial charge is 0.335 e. The number of benzene rings is 1. The number of nitrogens with one attached hydrogen (secondary N) is 1. The Morgan fingerprint density at radius 2 is 2.05 bits per heavy atom. The molecule has 110 valence electrons. The highest BCUT2D eigenvalue weighted by molar-refractivity contribution is 5.88. The summed E-state index contributed by atoms with van der Waals surface area (Å²) >= 11 is 0. The van der Waals surface area contributed by atoms with Crippen molar-refractivity contribution in [2.75, 3.05) is 5.32 Å². The van der Waals surface area contributed by atoms with Crippen LogP contribution < -0.4 is 5.32 Å². The van der Waals surface area contributed by atoms with Gasteiger partial charge in [-0.25, -0.2) is 9.18 Å². The fraction of sp³-hybridized carbons (Fsp3) is 0.562. The number of carbonyl (C=O) groups is 1. The van der Waals surface area contributed by atoms with Crippen LogP contribution in [0.5, 0.6) is 0 Å². The molecule has 0 saturated heterocycles. The number of anilines is 1. The van der Waals surface area contributed by atoms with Gasteiger partial charge in [0, 0.05) is 6.04 Å². The zero-order valence-electron chi connectivity index (χ0n) is 12.0. The maximum atomic E-state index is 13.9. The van der Waals surface area contributed by atoms with E-state index in [0.29, 0.717) is 17.5 Å². The molecule has 2 unspecified atom stereocenters. The molecule has 2 rings (SSSR count). The lowest BCUT2D eigenvalue weighted by Crippen LogP contribution is -2.35. The Balaban J connectivity index is 2.19. The molecule has 0 radical (unpaired) electrons. The van der Waals surface area contributed by atoms with E-state index < -0.39 is 5.97 Å². The van der Waals surface area contributed by atoms with Crippen LogP contribution in [0, 0.1) is 17.7 Å². The molecular formula is C16H22FNO2. The van der Waals surface area contributed by atoms with Crippen molar-refractivity contribution in [1.29, 1.82) is 0 Å². The Bertz CT molecular complexity index is 487. The highest BCUT2D eigenvalue weighted by atomic mass is 19.1. The second-order valence-electron chi connectivity index (χ2n) is 5.94. The van der Waals surface area contributed by atoms with Crippen molar-refractivity contribution in [2.45, 2.75) is 45.6 Å². The molecule has 2 N–H and O–H groups in total. The van der Waals surface area contributed by atoms with E-state index in [-0.39, 0.29) is 17.4 Å². The van der Waals surface area contributed by atoms with Crippen LogP contribution in [-0.4, -0.2) is 17.1 Å². The van der Waals surface area contributed by atoms with E-state index in [1.807, 2.05) is 0 Å². The van der Waals surface area contributed by atoms with E-state index in [0.717, 1.165) is 19.3 Å². The molecule has 0 aromatic heterocycles. The van der Waals surface area contributed by atoms with Gasteiger partial charge in [-0.3, -0.25) is 0 Å². The molecule has 1 aromatic rings. The van der Waals surface area contributed by atoms with Crippen LogP contribution >= 0.6 is 0 Å². The third-order valence-electron chi connectivity index (χ3n) is 4.23. The molecule has 0 spiro atoms. The van der Waals surface area contributed by atoms with Crippen LogP contribution in [0.3, 0.4) is 0 Å². The van der Waals surface area contributed by atoms with Crippen LogP contribution in [0.1, 0.15) is 49.9 Å². The van der Waals surface area contributed by atoms with Crippen molar-refractivity contribution < 1.29 is 14.3 Å². The quantitative estimate of drug-likeness (QED) is 0.870. The van der Waals surface area contributed by atoms with Crippen molar-refractivity contribution in [3.05, 3.63) is 29.6 Å². The molecule has 0 bridgehead atoms. The number of carboxylic acid groups (broad SMARTS) is 1. The largest absolute Gasteiger partial charge is 0.478 e. The van der Waals surface area contributed by atoms with Gasteiger partial charge >= 0.3 is 5.97 Å². The van der Waals surface area contributed by atoms with Gasteiger partial charge in [-0.15, -0.1) is 0 Å². The van der Waals surface area contributed by atoms with Gasteiger partial charge in [0.15, 0.2) is 0 Å². The molecular weight excluding hydrogens is 257 g/mol. The number of hydrogen-bond donors (Lipinski definition) is 2. The van der Waals surface area contributed by atoms with E-state index in [9.17, 15) is 9.18 Å². The van der Waals surface area contributed by atoms with Crippen LogP contribution in [0.25, 0.3) is 0 Å². The van der Waals surface area contributed by atoms with Crippen molar-refractivity contribution in [2.24, 2.45) is 11.8 Å². The number of carboxylic acids is 1. The summed E-state index contributed by atoms with van der Waals surface area (Å²) in [5, 5.41) is 12.2. The summed E-state index contributed by atoms with van der Waals surface area (Å²) in [6.07, 6.45) is 4.52. The summed E-state index contributed by atoms with van der Waals surface area (Å²) in [4.78, 5) is 11.0. The van der Waals surface area contributed by atoms with Crippen LogP contribution in [0.2, 0.25) is 0 Å². The molecule has 1 saturated carbocycles. The summed E-state index contributed by atoms with van der Waals surface area (Å²) < 4.78 is 13.9. The normalized spacial score (nSPS) is 22.8. The lowest BCUT2D eigenvalue weighted by molar-refractivity contribution is 0.0697. The first-order valence-electron chi connectivity index (χ1n) is 7.28. The summed E-state index contributed by atoms with van der Waals surface area (Å²) in [5.41, 5.74) is 0.424. The summed E-state index contributed by atoms with van der Waals surface area (Å²) in [7, 11) is 0. The van der Waals surface area contributed by atoms with E-state index >= 15 is 0 Å². The SMILES string of the molecule is CC(C)C1CCCCC1Nc1cc(C(=O)O)ccc1F. The molecule has 0 heterocycles.